The fourth-order valence-corrected chi connectivity index (χ4v) is 10.4. The first-order valence-electron chi connectivity index (χ1n) is 20.2. The molecule has 0 aromatic heterocycles. The third-order valence-electron chi connectivity index (χ3n) is 12.9. The molecule has 1 aliphatic rings. The first-order valence-corrected chi connectivity index (χ1v) is 20.2. The van der Waals surface area contributed by atoms with Gasteiger partial charge >= 0.3 is 0 Å². The Bertz CT molecular complexity index is 3630. The lowest BCUT2D eigenvalue weighted by Gasteiger charge is -2.21. The largest absolute Gasteiger partial charge is 0.0622 e. The molecule has 0 radical (unpaired) electrons. The summed E-state index contributed by atoms with van der Waals surface area (Å²) in [7, 11) is 0. The van der Waals surface area contributed by atoms with Gasteiger partial charge in [-0.2, -0.15) is 0 Å². The molecule has 0 nitrogen and oxygen atoms in total. The number of benzene rings is 12. The number of hydrogen-bond acceptors (Lipinski definition) is 0. The molecular weight excluding hydrogens is 697 g/mol. The SMILES string of the molecule is c1ccc(-c2c3c(c(-c4ccccc4)c4cc(-c5ccc6ccc(-c7ccc8ccc9cccc%10ccc7c8c9%10)cc6c5)ccc24)-c2cccc4cccc-3c24)cc1. The molecule has 0 bridgehead atoms. The molecule has 0 atom stereocenters. The molecule has 0 amide bonds. The van der Waals surface area contributed by atoms with E-state index < -0.39 is 0 Å². The second-order valence-electron chi connectivity index (χ2n) is 15.9. The van der Waals surface area contributed by atoms with E-state index in [-0.39, 0.29) is 0 Å². The molecular formula is C58H34. The summed E-state index contributed by atoms with van der Waals surface area (Å²) in [6, 6.07) is 77.1. The third kappa shape index (κ3) is 4.46. The highest BCUT2D eigenvalue weighted by Gasteiger charge is 2.30. The van der Waals surface area contributed by atoms with Crippen molar-refractivity contribution in [3.8, 4) is 66.8 Å². The van der Waals surface area contributed by atoms with E-state index in [1.165, 1.54) is 131 Å². The quantitative estimate of drug-likeness (QED) is 0.158. The van der Waals surface area contributed by atoms with E-state index in [4.69, 9.17) is 0 Å². The van der Waals surface area contributed by atoms with E-state index in [0.717, 1.165) is 0 Å². The molecule has 0 unspecified atom stereocenters. The van der Waals surface area contributed by atoms with Crippen LogP contribution in [0, 0.1) is 0 Å². The molecule has 0 fully saturated rings. The fourth-order valence-electron chi connectivity index (χ4n) is 10.4. The Morgan fingerprint density at radius 2 is 0.672 bits per heavy atom. The monoisotopic (exact) mass is 730 g/mol. The van der Waals surface area contributed by atoms with Crippen LogP contribution in [-0.4, -0.2) is 0 Å². The minimum Gasteiger partial charge on any atom is -0.0622 e. The van der Waals surface area contributed by atoms with Gasteiger partial charge in [0.15, 0.2) is 0 Å². The predicted octanol–water partition coefficient (Wildman–Crippen LogP) is 16.4. The van der Waals surface area contributed by atoms with E-state index in [2.05, 4.69) is 206 Å². The molecule has 1 aliphatic carbocycles. The van der Waals surface area contributed by atoms with Gasteiger partial charge in [0.25, 0.3) is 0 Å². The van der Waals surface area contributed by atoms with Crippen molar-refractivity contribution in [2.24, 2.45) is 0 Å². The van der Waals surface area contributed by atoms with Crippen LogP contribution in [0.1, 0.15) is 0 Å². The maximum absolute atomic E-state index is 2.46. The Kier molecular flexibility index (Phi) is 6.54. The fraction of sp³-hybridized carbons (Fsp3) is 0. The molecule has 266 valence electrons. The second-order valence-corrected chi connectivity index (χ2v) is 15.9. The van der Waals surface area contributed by atoms with Crippen molar-refractivity contribution >= 4 is 64.6 Å². The lowest BCUT2D eigenvalue weighted by Crippen LogP contribution is -1.94. The van der Waals surface area contributed by atoms with Crippen molar-refractivity contribution in [1.82, 2.24) is 0 Å². The summed E-state index contributed by atoms with van der Waals surface area (Å²) in [5.41, 5.74) is 15.3. The third-order valence-corrected chi connectivity index (χ3v) is 12.9. The molecule has 13 rings (SSSR count). The van der Waals surface area contributed by atoms with Crippen LogP contribution in [0.4, 0.5) is 0 Å². The first kappa shape index (κ1) is 31.6. The summed E-state index contributed by atoms with van der Waals surface area (Å²) in [6.07, 6.45) is 0. The first-order chi connectivity index (χ1) is 28.8. The van der Waals surface area contributed by atoms with Gasteiger partial charge in [-0.05, 0) is 150 Å². The lowest BCUT2D eigenvalue weighted by atomic mass is 9.81. The Labute approximate surface area is 336 Å². The zero-order chi connectivity index (χ0) is 37.9. The molecule has 0 saturated heterocycles. The van der Waals surface area contributed by atoms with Crippen LogP contribution >= 0.6 is 0 Å². The average Bonchev–Trinajstić information content (AvgIpc) is 3.62. The summed E-state index contributed by atoms with van der Waals surface area (Å²) in [5.74, 6) is 0. The molecule has 12 aromatic rings. The van der Waals surface area contributed by atoms with Gasteiger partial charge in [0.1, 0.15) is 0 Å². The molecule has 0 spiro atoms. The van der Waals surface area contributed by atoms with Gasteiger partial charge in [-0.3, -0.25) is 0 Å². The van der Waals surface area contributed by atoms with Gasteiger partial charge in [0.05, 0.1) is 0 Å². The van der Waals surface area contributed by atoms with Crippen molar-refractivity contribution in [1.29, 1.82) is 0 Å². The molecule has 0 saturated carbocycles. The second kappa shape index (κ2) is 12.0. The van der Waals surface area contributed by atoms with Crippen LogP contribution < -0.4 is 0 Å². The zero-order valence-electron chi connectivity index (χ0n) is 31.6. The molecule has 58 heavy (non-hydrogen) atoms. The number of fused-ring (bicyclic) bond motifs is 5. The minimum absolute atomic E-state index is 1.22. The predicted molar refractivity (Wildman–Crippen MR) is 249 cm³/mol. The normalized spacial score (nSPS) is 12.1. The highest BCUT2D eigenvalue weighted by atomic mass is 14.3. The highest BCUT2D eigenvalue weighted by molar-refractivity contribution is 6.28. The van der Waals surface area contributed by atoms with Gasteiger partial charge in [0, 0.05) is 0 Å². The number of rotatable bonds is 4. The molecule has 0 heteroatoms. The van der Waals surface area contributed by atoms with Crippen molar-refractivity contribution in [3.63, 3.8) is 0 Å². The van der Waals surface area contributed by atoms with Crippen LogP contribution in [0.3, 0.4) is 0 Å². The Morgan fingerprint density at radius 3 is 1.36 bits per heavy atom. The molecule has 0 aliphatic heterocycles. The van der Waals surface area contributed by atoms with E-state index in [9.17, 15) is 0 Å². The van der Waals surface area contributed by atoms with Crippen molar-refractivity contribution in [2.75, 3.05) is 0 Å². The van der Waals surface area contributed by atoms with E-state index in [1.807, 2.05) is 0 Å². The molecule has 0 heterocycles. The summed E-state index contributed by atoms with van der Waals surface area (Å²) < 4.78 is 0. The summed E-state index contributed by atoms with van der Waals surface area (Å²) in [5, 5.41) is 15.6. The van der Waals surface area contributed by atoms with Crippen molar-refractivity contribution < 1.29 is 0 Å². The Morgan fingerprint density at radius 1 is 0.190 bits per heavy atom. The summed E-state index contributed by atoms with van der Waals surface area (Å²) >= 11 is 0. The van der Waals surface area contributed by atoms with Gasteiger partial charge in [-0.25, -0.2) is 0 Å². The zero-order valence-corrected chi connectivity index (χ0v) is 31.6. The smallest absolute Gasteiger partial charge is 0.000741 e. The maximum Gasteiger partial charge on any atom is -0.000741 e. The van der Waals surface area contributed by atoms with E-state index in [0.29, 0.717) is 0 Å². The van der Waals surface area contributed by atoms with Crippen LogP contribution in [0.25, 0.3) is 131 Å². The number of hydrogen-bond donors (Lipinski definition) is 0. The standard InChI is InChI=1S/C58H34/c1-3-10-37(11-4-1)55-48-31-28-43(34-51(48)56(38-12-5-2-6-13-38)58-50-19-9-17-36-16-8-18-49(53(36)50)57(55)58)42-24-20-35-21-25-44(33-45(35)32-42)46-29-26-41-23-22-39-14-7-15-40-27-30-47(46)54(41)52(39)40/h1-34H. The topological polar surface area (TPSA) is 0 Å². The average molecular weight is 731 g/mol. The maximum atomic E-state index is 2.46. The summed E-state index contributed by atoms with van der Waals surface area (Å²) in [4.78, 5) is 0. The van der Waals surface area contributed by atoms with Gasteiger partial charge in [0.2, 0.25) is 0 Å². The Hall–Kier alpha value is -7.54. The van der Waals surface area contributed by atoms with E-state index in [1.54, 1.807) is 0 Å². The van der Waals surface area contributed by atoms with Crippen molar-refractivity contribution in [2.45, 2.75) is 0 Å². The highest BCUT2D eigenvalue weighted by Crippen LogP contribution is 2.58. The van der Waals surface area contributed by atoms with Crippen LogP contribution in [0.15, 0.2) is 206 Å². The lowest BCUT2D eigenvalue weighted by molar-refractivity contribution is 1.61. The van der Waals surface area contributed by atoms with Crippen molar-refractivity contribution in [3.05, 3.63) is 206 Å². The van der Waals surface area contributed by atoms with Crippen LogP contribution in [0.5, 0.6) is 0 Å². The molecule has 0 N–H and O–H groups in total. The van der Waals surface area contributed by atoms with Crippen LogP contribution in [-0.2, 0) is 0 Å². The van der Waals surface area contributed by atoms with Gasteiger partial charge in [-0.1, -0.05) is 188 Å². The summed E-state index contributed by atoms with van der Waals surface area (Å²) in [6.45, 7) is 0. The van der Waals surface area contributed by atoms with Gasteiger partial charge < -0.3 is 0 Å². The molecule has 12 aromatic carbocycles. The van der Waals surface area contributed by atoms with E-state index >= 15 is 0 Å². The Balaban J connectivity index is 1.04. The minimum atomic E-state index is 1.22. The van der Waals surface area contributed by atoms with Crippen LogP contribution in [0.2, 0.25) is 0 Å². The van der Waals surface area contributed by atoms with Gasteiger partial charge in [-0.15, -0.1) is 0 Å².